The maximum atomic E-state index is 12.6. The topological polar surface area (TPSA) is 135 Å². The van der Waals surface area contributed by atoms with Crippen LogP contribution in [0.5, 0.6) is 0 Å². The molecule has 2 aromatic rings. The number of nitrogens with zero attached hydrogens (tertiary/aromatic N) is 3. The number of rotatable bonds is 10. The molecule has 0 radical (unpaired) electrons. The van der Waals surface area contributed by atoms with Crippen molar-refractivity contribution >= 4 is 33.1 Å². The highest BCUT2D eigenvalue weighted by Gasteiger charge is 2.25. The Labute approximate surface area is 175 Å². The molecule has 0 saturated carbocycles. The van der Waals surface area contributed by atoms with E-state index in [1.165, 1.54) is 16.4 Å². The Bertz CT molecular complexity index is 1000. The minimum absolute atomic E-state index is 0.0478. The summed E-state index contributed by atoms with van der Waals surface area (Å²) < 4.78 is 26.4. The number of anilines is 2. The first-order valence-electron chi connectivity index (χ1n) is 9.44. The lowest BCUT2D eigenvalue weighted by Crippen LogP contribution is -2.30. The molecule has 1 amide bonds. The second-order valence-corrected chi connectivity index (χ2v) is 8.41. The van der Waals surface area contributed by atoms with Crippen LogP contribution in [0.3, 0.4) is 0 Å². The summed E-state index contributed by atoms with van der Waals surface area (Å²) in [4.78, 5) is 26.7. The number of aryl methyl sites for hydroxylation is 1. The molecule has 0 aliphatic carbocycles. The molecule has 11 heteroatoms. The van der Waals surface area contributed by atoms with E-state index in [1.807, 2.05) is 13.0 Å². The maximum absolute atomic E-state index is 12.6. The van der Waals surface area contributed by atoms with E-state index in [1.54, 1.807) is 26.1 Å². The summed E-state index contributed by atoms with van der Waals surface area (Å²) in [6.07, 6.45) is 1.68. The van der Waals surface area contributed by atoms with Crippen molar-refractivity contribution < 1.29 is 18.1 Å². The van der Waals surface area contributed by atoms with E-state index in [4.69, 9.17) is 0 Å². The highest BCUT2D eigenvalue weighted by Crippen LogP contribution is 2.29. The first kappa shape index (κ1) is 23.2. The summed E-state index contributed by atoms with van der Waals surface area (Å²) in [6.45, 7) is 5.93. The van der Waals surface area contributed by atoms with Gasteiger partial charge in [-0.3, -0.25) is 14.9 Å². The van der Waals surface area contributed by atoms with Gasteiger partial charge in [-0.25, -0.2) is 13.4 Å². The second kappa shape index (κ2) is 10.1. The van der Waals surface area contributed by atoms with Crippen LogP contribution < -0.4 is 10.6 Å². The highest BCUT2D eigenvalue weighted by molar-refractivity contribution is 7.89. The van der Waals surface area contributed by atoms with Crippen LogP contribution in [0.1, 0.15) is 25.8 Å². The summed E-state index contributed by atoms with van der Waals surface area (Å²) >= 11 is 0. The molecule has 0 unspecified atom stereocenters. The second-order valence-electron chi connectivity index (χ2n) is 6.47. The van der Waals surface area contributed by atoms with E-state index in [0.29, 0.717) is 5.82 Å². The third kappa shape index (κ3) is 5.74. The molecule has 0 aliphatic rings. The van der Waals surface area contributed by atoms with Gasteiger partial charge in [-0.1, -0.05) is 19.9 Å². The summed E-state index contributed by atoms with van der Waals surface area (Å²) in [5.74, 6) is 0.116. The van der Waals surface area contributed by atoms with Crippen LogP contribution in [0.25, 0.3) is 0 Å². The third-order valence-corrected chi connectivity index (χ3v) is 6.40. The summed E-state index contributed by atoms with van der Waals surface area (Å²) in [7, 11) is -3.82. The average Bonchev–Trinajstić information content (AvgIpc) is 2.70. The first-order chi connectivity index (χ1) is 14.2. The van der Waals surface area contributed by atoms with Crippen LogP contribution in [0.2, 0.25) is 0 Å². The molecule has 0 fully saturated rings. The lowest BCUT2D eigenvalue weighted by Gasteiger charge is -2.18. The van der Waals surface area contributed by atoms with Crippen LogP contribution in [-0.2, 0) is 14.8 Å². The normalized spacial score (nSPS) is 11.3. The molecule has 1 aromatic heterocycles. The molecule has 0 aliphatic heterocycles. The van der Waals surface area contributed by atoms with Gasteiger partial charge in [0, 0.05) is 38.3 Å². The molecule has 0 saturated heterocycles. The van der Waals surface area contributed by atoms with Crippen LogP contribution in [0, 0.1) is 17.0 Å². The van der Waals surface area contributed by atoms with Gasteiger partial charge in [0.05, 0.1) is 9.82 Å². The molecule has 10 nitrogen and oxygen atoms in total. The molecule has 0 spiro atoms. The van der Waals surface area contributed by atoms with Crippen molar-refractivity contribution in [2.75, 3.05) is 30.3 Å². The van der Waals surface area contributed by atoms with E-state index >= 15 is 0 Å². The predicted octanol–water partition coefficient (Wildman–Crippen LogP) is 2.77. The van der Waals surface area contributed by atoms with E-state index in [-0.39, 0.29) is 48.2 Å². The van der Waals surface area contributed by atoms with Crippen LogP contribution in [-0.4, -0.2) is 48.2 Å². The molecule has 0 bridgehead atoms. The number of nitrogens with one attached hydrogen (secondary N) is 2. The lowest BCUT2D eigenvalue weighted by molar-refractivity contribution is -0.384. The Kier molecular flexibility index (Phi) is 7.84. The average molecular weight is 436 g/mol. The minimum Gasteiger partial charge on any atom is -0.379 e. The number of nitro groups is 1. The van der Waals surface area contributed by atoms with Crippen LogP contribution in [0.4, 0.5) is 17.2 Å². The Morgan fingerprint density at radius 3 is 2.47 bits per heavy atom. The van der Waals surface area contributed by atoms with Crippen molar-refractivity contribution in [3.05, 3.63) is 52.2 Å². The lowest BCUT2D eigenvalue weighted by atomic mass is 10.2. The summed E-state index contributed by atoms with van der Waals surface area (Å²) in [5.41, 5.74) is 0.733. The van der Waals surface area contributed by atoms with Crippen molar-refractivity contribution in [3.63, 3.8) is 0 Å². The molecule has 162 valence electrons. The number of hydrogen-bond donors (Lipinski definition) is 2. The number of carbonyl (C=O) groups is 1. The molecule has 1 aromatic carbocycles. The summed E-state index contributed by atoms with van der Waals surface area (Å²) in [6, 6.07) is 7.19. The summed E-state index contributed by atoms with van der Waals surface area (Å²) in [5, 5.41) is 16.9. The van der Waals surface area contributed by atoms with Gasteiger partial charge in [0.1, 0.15) is 11.5 Å². The number of aromatic nitrogens is 1. The smallest absolute Gasteiger partial charge is 0.293 e. The van der Waals surface area contributed by atoms with E-state index in [0.717, 1.165) is 11.6 Å². The fourth-order valence-corrected chi connectivity index (χ4v) is 4.22. The molecule has 1 heterocycles. The zero-order valence-electron chi connectivity index (χ0n) is 17.1. The standard InChI is InChI=1S/C19H25N5O5S/c1-4-23(5-2)30(28,29)15-7-8-16(17(12-15)24(26)27)20-11-10-19(25)22-18-9-6-14(3)13-21-18/h6-9,12-13,20H,4-5,10-11H2,1-3H3,(H,21,22,25). The number of amides is 1. The van der Waals surface area contributed by atoms with Crippen LogP contribution in [0.15, 0.2) is 41.4 Å². The van der Waals surface area contributed by atoms with Crippen molar-refractivity contribution in [2.24, 2.45) is 0 Å². The van der Waals surface area contributed by atoms with Crippen molar-refractivity contribution in [3.8, 4) is 0 Å². The van der Waals surface area contributed by atoms with E-state index in [9.17, 15) is 23.3 Å². The van der Waals surface area contributed by atoms with Gasteiger partial charge in [0.15, 0.2) is 0 Å². The van der Waals surface area contributed by atoms with Crippen molar-refractivity contribution in [2.45, 2.75) is 32.1 Å². The number of carbonyl (C=O) groups excluding carboxylic acids is 1. The quantitative estimate of drug-likeness (QED) is 0.433. The minimum atomic E-state index is -3.82. The monoisotopic (exact) mass is 435 g/mol. The maximum Gasteiger partial charge on any atom is 0.293 e. The fraction of sp³-hybridized carbons (Fsp3) is 0.368. The van der Waals surface area contributed by atoms with Crippen molar-refractivity contribution in [1.29, 1.82) is 0 Å². The molecular weight excluding hydrogens is 410 g/mol. The molecular formula is C19H25N5O5S. The Morgan fingerprint density at radius 1 is 1.20 bits per heavy atom. The van der Waals surface area contributed by atoms with Gasteiger partial charge in [-0.2, -0.15) is 4.31 Å². The number of hydrogen-bond acceptors (Lipinski definition) is 7. The molecule has 2 N–H and O–H groups in total. The number of nitro benzene ring substituents is 1. The van der Waals surface area contributed by atoms with Crippen LogP contribution >= 0.6 is 0 Å². The van der Waals surface area contributed by atoms with E-state index < -0.39 is 14.9 Å². The largest absolute Gasteiger partial charge is 0.379 e. The number of pyridine rings is 1. The number of sulfonamides is 1. The Balaban J connectivity index is 2.07. The Morgan fingerprint density at radius 2 is 1.90 bits per heavy atom. The van der Waals surface area contributed by atoms with Gasteiger partial charge in [-0.15, -0.1) is 0 Å². The van der Waals surface area contributed by atoms with Gasteiger partial charge in [0.2, 0.25) is 15.9 Å². The Hall–Kier alpha value is -3.05. The predicted molar refractivity (Wildman–Crippen MR) is 114 cm³/mol. The van der Waals surface area contributed by atoms with Gasteiger partial charge < -0.3 is 10.6 Å². The fourth-order valence-electron chi connectivity index (χ4n) is 2.74. The number of benzene rings is 1. The zero-order chi connectivity index (χ0) is 22.3. The van der Waals surface area contributed by atoms with Gasteiger partial charge >= 0.3 is 0 Å². The molecule has 2 rings (SSSR count). The highest BCUT2D eigenvalue weighted by atomic mass is 32.2. The van der Waals surface area contributed by atoms with Crippen molar-refractivity contribution in [1.82, 2.24) is 9.29 Å². The van der Waals surface area contributed by atoms with E-state index in [2.05, 4.69) is 15.6 Å². The van der Waals surface area contributed by atoms with Gasteiger partial charge in [-0.05, 0) is 30.7 Å². The first-order valence-corrected chi connectivity index (χ1v) is 10.9. The molecule has 30 heavy (non-hydrogen) atoms. The SMILES string of the molecule is CCN(CC)S(=O)(=O)c1ccc(NCCC(=O)Nc2ccc(C)cn2)c([N+](=O)[O-])c1. The zero-order valence-corrected chi connectivity index (χ0v) is 17.9. The third-order valence-electron chi connectivity index (χ3n) is 4.36. The van der Waals surface area contributed by atoms with Gasteiger partial charge in [0.25, 0.3) is 5.69 Å². The molecule has 0 atom stereocenters.